The highest BCUT2D eigenvalue weighted by Crippen LogP contribution is 2.27. The average Bonchev–Trinajstić information content (AvgIpc) is 3.09. The molecule has 3 unspecified atom stereocenters. The molecule has 1 fully saturated rings. The van der Waals surface area contributed by atoms with Crippen molar-refractivity contribution in [2.45, 2.75) is 25.9 Å². The van der Waals surface area contributed by atoms with Crippen molar-refractivity contribution in [1.82, 2.24) is 25.1 Å². The van der Waals surface area contributed by atoms with E-state index in [1.165, 1.54) is 5.56 Å². The summed E-state index contributed by atoms with van der Waals surface area (Å²) in [7, 11) is 0. The summed E-state index contributed by atoms with van der Waals surface area (Å²) in [4.78, 5) is 2.44. The summed E-state index contributed by atoms with van der Waals surface area (Å²) in [5, 5.41) is 11.3. The Morgan fingerprint density at radius 3 is 2.85 bits per heavy atom. The smallest absolute Gasteiger partial charge is 0.143 e. The fourth-order valence-electron chi connectivity index (χ4n) is 2.76. The van der Waals surface area contributed by atoms with E-state index in [9.17, 15) is 0 Å². The van der Waals surface area contributed by atoms with Crippen LogP contribution in [0, 0.1) is 5.92 Å². The van der Waals surface area contributed by atoms with Crippen molar-refractivity contribution in [2.24, 2.45) is 11.7 Å². The zero-order chi connectivity index (χ0) is 14.1. The Morgan fingerprint density at radius 1 is 1.35 bits per heavy atom. The van der Waals surface area contributed by atoms with Crippen LogP contribution in [0.5, 0.6) is 0 Å². The van der Waals surface area contributed by atoms with E-state index in [0.717, 1.165) is 18.8 Å². The Bertz CT molecular complexity index is 557. The van der Waals surface area contributed by atoms with Gasteiger partial charge in [-0.25, -0.2) is 4.68 Å². The minimum Gasteiger partial charge on any atom is -0.326 e. The summed E-state index contributed by atoms with van der Waals surface area (Å²) in [6.07, 6.45) is 1.61. The highest BCUT2D eigenvalue weighted by Gasteiger charge is 2.30. The molecule has 0 radical (unpaired) electrons. The zero-order valence-electron chi connectivity index (χ0n) is 11.8. The number of aromatic nitrogens is 4. The van der Waals surface area contributed by atoms with Crippen molar-refractivity contribution < 1.29 is 0 Å². The summed E-state index contributed by atoms with van der Waals surface area (Å²) in [6, 6.07) is 8.96. The van der Waals surface area contributed by atoms with Crippen LogP contribution in [0.1, 0.15) is 25.5 Å². The van der Waals surface area contributed by atoms with Crippen molar-refractivity contribution in [3.05, 3.63) is 36.2 Å². The lowest BCUT2D eigenvalue weighted by Crippen LogP contribution is -2.29. The van der Waals surface area contributed by atoms with E-state index in [-0.39, 0.29) is 6.04 Å². The first kappa shape index (κ1) is 13.2. The molecule has 6 nitrogen and oxygen atoms in total. The summed E-state index contributed by atoms with van der Waals surface area (Å²) in [5.74, 6) is 0.556. The maximum atomic E-state index is 6.12. The van der Waals surface area contributed by atoms with Crippen LogP contribution in [-0.2, 0) is 0 Å². The van der Waals surface area contributed by atoms with Gasteiger partial charge in [-0.05, 0) is 41.0 Å². The van der Waals surface area contributed by atoms with Gasteiger partial charge in [0.2, 0.25) is 0 Å². The Hall–Kier alpha value is -1.79. The second kappa shape index (κ2) is 5.30. The first-order valence-corrected chi connectivity index (χ1v) is 6.98. The van der Waals surface area contributed by atoms with Crippen molar-refractivity contribution in [2.75, 3.05) is 13.1 Å². The van der Waals surface area contributed by atoms with Gasteiger partial charge in [0.15, 0.2) is 0 Å². The van der Waals surface area contributed by atoms with Crippen LogP contribution in [0.25, 0.3) is 5.69 Å². The molecule has 106 valence electrons. The number of nitrogens with two attached hydrogens (primary N) is 1. The van der Waals surface area contributed by atoms with Gasteiger partial charge in [0.25, 0.3) is 0 Å². The Balaban J connectivity index is 1.82. The Kier molecular flexibility index (Phi) is 3.50. The van der Waals surface area contributed by atoms with E-state index in [4.69, 9.17) is 5.73 Å². The first-order chi connectivity index (χ1) is 9.65. The summed E-state index contributed by atoms with van der Waals surface area (Å²) in [6.45, 7) is 6.45. The molecule has 0 spiro atoms. The first-order valence-electron chi connectivity index (χ1n) is 6.98. The molecule has 1 aromatic heterocycles. The number of tetrazole rings is 1. The van der Waals surface area contributed by atoms with E-state index < -0.39 is 0 Å². The van der Waals surface area contributed by atoms with Crippen molar-refractivity contribution in [3.8, 4) is 5.69 Å². The van der Waals surface area contributed by atoms with Gasteiger partial charge >= 0.3 is 0 Å². The van der Waals surface area contributed by atoms with Gasteiger partial charge in [0.05, 0.1) is 5.69 Å². The maximum Gasteiger partial charge on any atom is 0.143 e. The number of hydrogen-bond acceptors (Lipinski definition) is 5. The number of likely N-dealkylation sites (tertiary alicyclic amines) is 1. The molecule has 0 aliphatic carbocycles. The minimum absolute atomic E-state index is 0.278. The minimum atomic E-state index is 0.278. The third-order valence-corrected chi connectivity index (χ3v) is 4.21. The molecule has 1 saturated heterocycles. The van der Waals surface area contributed by atoms with Gasteiger partial charge in [0, 0.05) is 25.2 Å². The van der Waals surface area contributed by atoms with Gasteiger partial charge in [-0.15, -0.1) is 5.10 Å². The largest absolute Gasteiger partial charge is 0.326 e. The van der Waals surface area contributed by atoms with Crippen LogP contribution >= 0.6 is 0 Å². The molecule has 6 heteroatoms. The highest BCUT2D eigenvalue weighted by atomic mass is 15.5. The highest BCUT2D eigenvalue weighted by molar-refractivity contribution is 5.35. The number of rotatable bonds is 3. The monoisotopic (exact) mass is 272 g/mol. The fraction of sp³-hybridized carbons (Fsp3) is 0.500. The van der Waals surface area contributed by atoms with Crippen LogP contribution in [0.2, 0.25) is 0 Å². The van der Waals surface area contributed by atoms with Crippen LogP contribution < -0.4 is 5.73 Å². The molecule has 20 heavy (non-hydrogen) atoms. The maximum absolute atomic E-state index is 6.12. The SMILES string of the molecule is CC1CN(C(C)c2cccc(-n3cnnn3)c2)CC1N. The molecule has 2 aromatic rings. The number of nitrogens with zero attached hydrogens (tertiary/aromatic N) is 5. The fourth-order valence-corrected chi connectivity index (χ4v) is 2.76. The van der Waals surface area contributed by atoms with Crippen LogP contribution in [-0.4, -0.2) is 44.2 Å². The van der Waals surface area contributed by atoms with E-state index in [0.29, 0.717) is 12.0 Å². The Labute approximate surface area is 118 Å². The molecule has 1 aliphatic rings. The molecular formula is C14H20N6. The second-order valence-corrected chi connectivity index (χ2v) is 5.62. The molecule has 3 rings (SSSR count). The molecule has 0 bridgehead atoms. The third-order valence-electron chi connectivity index (χ3n) is 4.21. The van der Waals surface area contributed by atoms with Gasteiger partial charge in [-0.2, -0.15) is 0 Å². The lowest BCUT2D eigenvalue weighted by molar-refractivity contribution is 0.253. The molecule has 2 N–H and O–H groups in total. The molecular weight excluding hydrogens is 252 g/mol. The number of benzene rings is 1. The summed E-state index contributed by atoms with van der Waals surface area (Å²) >= 11 is 0. The quantitative estimate of drug-likeness (QED) is 0.902. The third kappa shape index (κ3) is 2.44. The predicted molar refractivity (Wildman–Crippen MR) is 76.3 cm³/mol. The molecule has 1 aliphatic heterocycles. The van der Waals surface area contributed by atoms with Crippen LogP contribution in [0.4, 0.5) is 0 Å². The molecule has 0 amide bonds. The predicted octanol–water partition coefficient (Wildman–Crippen LogP) is 1.00. The van der Waals surface area contributed by atoms with Gasteiger partial charge in [-0.3, -0.25) is 4.90 Å². The lowest BCUT2D eigenvalue weighted by atomic mass is 10.1. The standard InChI is InChI=1S/C14H20N6/c1-10-7-19(8-14(10)15)11(2)12-4-3-5-13(6-12)20-9-16-17-18-20/h3-6,9-11,14H,7-8,15H2,1-2H3. The van der Waals surface area contributed by atoms with Gasteiger partial charge < -0.3 is 5.73 Å². The molecule has 3 atom stereocenters. The van der Waals surface area contributed by atoms with Crippen molar-refractivity contribution in [1.29, 1.82) is 0 Å². The Morgan fingerprint density at radius 2 is 2.20 bits per heavy atom. The molecule has 0 saturated carbocycles. The molecule has 1 aromatic carbocycles. The van der Waals surface area contributed by atoms with Crippen molar-refractivity contribution in [3.63, 3.8) is 0 Å². The second-order valence-electron chi connectivity index (χ2n) is 5.62. The number of hydrogen-bond donors (Lipinski definition) is 1. The van der Waals surface area contributed by atoms with E-state index in [2.05, 4.69) is 46.4 Å². The lowest BCUT2D eigenvalue weighted by Gasteiger charge is -2.25. The summed E-state index contributed by atoms with van der Waals surface area (Å²) < 4.78 is 1.68. The van der Waals surface area contributed by atoms with Gasteiger partial charge in [0.1, 0.15) is 6.33 Å². The summed E-state index contributed by atoms with van der Waals surface area (Å²) in [5.41, 5.74) is 8.36. The molecule has 2 heterocycles. The van der Waals surface area contributed by atoms with Crippen LogP contribution in [0.3, 0.4) is 0 Å². The van der Waals surface area contributed by atoms with Gasteiger partial charge in [-0.1, -0.05) is 19.1 Å². The zero-order valence-corrected chi connectivity index (χ0v) is 11.8. The average molecular weight is 272 g/mol. The van der Waals surface area contributed by atoms with E-state index >= 15 is 0 Å². The van der Waals surface area contributed by atoms with Crippen molar-refractivity contribution >= 4 is 0 Å². The topological polar surface area (TPSA) is 72.9 Å². The van der Waals surface area contributed by atoms with Crippen LogP contribution in [0.15, 0.2) is 30.6 Å². The van der Waals surface area contributed by atoms with E-state index in [1.54, 1.807) is 11.0 Å². The van der Waals surface area contributed by atoms with E-state index in [1.807, 2.05) is 12.1 Å². The normalized spacial score (nSPS) is 24.9.